The van der Waals surface area contributed by atoms with Crippen molar-refractivity contribution in [3.05, 3.63) is 0 Å². The van der Waals surface area contributed by atoms with Crippen LogP contribution in [-0.4, -0.2) is 49.1 Å². The van der Waals surface area contributed by atoms with Gasteiger partial charge in [0.15, 0.2) is 0 Å². The minimum absolute atomic E-state index is 0.139. The molecule has 0 aromatic carbocycles. The summed E-state index contributed by atoms with van der Waals surface area (Å²) in [6.45, 7) is 10.6. The van der Waals surface area contributed by atoms with E-state index in [0.29, 0.717) is 0 Å². The van der Waals surface area contributed by atoms with Gasteiger partial charge in [0.05, 0.1) is 5.54 Å². The van der Waals surface area contributed by atoms with E-state index >= 15 is 0 Å². The summed E-state index contributed by atoms with van der Waals surface area (Å²) in [5.74, 6) is 0.139. The Morgan fingerprint density at radius 1 is 1.57 bits per heavy atom. The predicted octanol–water partition coefficient (Wildman–Crippen LogP) is -0.194. The van der Waals surface area contributed by atoms with Crippen LogP contribution >= 0.6 is 0 Å². The van der Waals surface area contributed by atoms with Gasteiger partial charge in [0.25, 0.3) is 0 Å². The van der Waals surface area contributed by atoms with E-state index in [-0.39, 0.29) is 11.4 Å². The quantitative estimate of drug-likeness (QED) is 0.617. The zero-order valence-corrected chi connectivity index (χ0v) is 9.39. The second kappa shape index (κ2) is 4.75. The molecular weight excluding hydrogens is 178 g/mol. The van der Waals surface area contributed by atoms with Gasteiger partial charge in [-0.25, -0.2) is 0 Å². The van der Waals surface area contributed by atoms with Gasteiger partial charge in [0.2, 0.25) is 5.91 Å². The number of hydrogen-bond donors (Lipinski definition) is 2. The van der Waals surface area contributed by atoms with Gasteiger partial charge in [-0.3, -0.25) is 9.69 Å². The number of nitrogens with zero attached hydrogens (tertiary/aromatic N) is 1. The van der Waals surface area contributed by atoms with Crippen LogP contribution in [0.15, 0.2) is 0 Å². The van der Waals surface area contributed by atoms with Crippen LogP contribution in [0.3, 0.4) is 0 Å². The lowest BCUT2D eigenvalue weighted by Crippen LogP contribution is -2.62. The van der Waals surface area contributed by atoms with Gasteiger partial charge in [-0.2, -0.15) is 0 Å². The normalized spacial score (nSPS) is 22.1. The summed E-state index contributed by atoms with van der Waals surface area (Å²) < 4.78 is 0. The van der Waals surface area contributed by atoms with Crippen molar-refractivity contribution in [2.75, 3.05) is 32.7 Å². The maximum Gasteiger partial charge on any atom is 0.239 e. The Balaban J connectivity index is 2.45. The zero-order chi connectivity index (χ0) is 10.6. The first-order chi connectivity index (χ1) is 6.59. The minimum Gasteiger partial charge on any atom is -0.353 e. The first kappa shape index (κ1) is 11.5. The topological polar surface area (TPSA) is 44.4 Å². The van der Waals surface area contributed by atoms with E-state index in [1.165, 1.54) is 0 Å². The lowest BCUT2D eigenvalue weighted by atomic mass is 9.99. The van der Waals surface area contributed by atoms with Crippen molar-refractivity contribution in [1.82, 2.24) is 15.5 Å². The fourth-order valence-corrected chi connectivity index (χ4v) is 1.73. The fourth-order valence-electron chi connectivity index (χ4n) is 1.73. The molecule has 0 atom stereocenters. The van der Waals surface area contributed by atoms with Gasteiger partial charge < -0.3 is 10.6 Å². The Labute approximate surface area is 86.0 Å². The van der Waals surface area contributed by atoms with Gasteiger partial charge in [0, 0.05) is 26.2 Å². The average Bonchev–Trinajstić information content (AvgIpc) is 2.13. The smallest absolute Gasteiger partial charge is 0.239 e. The van der Waals surface area contributed by atoms with Crippen LogP contribution in [0.25, 0.3) is 0 Å². The molecule has 4 heteroatoms. The van der Waals surface area contributed by atoms with Gasteiger partial charge in [-0.1, -0.05) is 6.92 Å². The molecule has 0 aliphatic carbocycles. The first-order valence-electron chi connectivity index (χ1n) is 5.33. The number of carbonyl (C=O) groups excluding carboxylic acids is 1. The number of nitrogens with one attached hydrogen (secondary N) is 2. The van der Waals surface area contributed by atoms with E-state index in [9.17, 15) is 4.79 Å². The van der Waals surface area contributed by atoms with E-state index in [0.717, 1.165) is 32.7 Å². The van der Waals surface area contributed by atoms with Crippen molar-refractivity contribution in [2.24, 2.45) is 0 Å². The second-order valence-corrected chi connectivity index (χ2v) is 4.16. The highest BCUT2D eigenvalue weighted by Gasteiger charge is 2.36. The molecule has 0 bridgehead atoms. The summed E-state index contributed by atoms with van der Waals surface area (Å²) in [5.41, 5.74) is -0.354. The summed E-state index contributed by atoms with van der Waals surface area (Å²) in [5, 5.41) is 6.17. The largest absolute Gasteiger partial charge is 0.353 e. The Hall–Kier alpha value is -0.610. The fraction of sp³-hybridized carbons (Fsp3) is 0.900. The van der Waals surface area contributed by atoms with Crippen LogP contribution < -0.4 is 10.6 Å². The van der Waals surface area contributed by atoms with Gasteiger partial charge >= 0.3 is 0 Å². The summed E-state index contributed by atoms with van der Waals surface area (Å²) in [7, 11) is 0. The van der Waals surface area contributed by atoms with Gasteiger partial charge in [-0.05, 0) is 20.4 Å². The number of carbonyl (C=O) groups is 1. The van der Waals surface area contributed by atoms with E-state index in [2.05, 4.69) is 22.5 Å². The molecule has 0 aromatic heterocycles. The second-order valence-electron chi connectivity index (χ2n) is 4.16. The molecule has 1 aliphatic rings. The molecule has 1 heterocycles. The van der Waals surface area contributed by atoms with E-state index in [1.807, 2.05) is 13.8 Å². The summed E-state index contributed by atoms with van der Waals surface area (Å²) >= 11 is 0. The maximum absolute atomic E-state index is 11.6. The maximum atomic E-state index is 11.6. The van der Waals surface area contributed by atoms with Crippen LogP contribution in [0.2, 0.25) is 0 Å². The predicted molar refractivity (Wildman–Crippen MR) is 57.2 cm³/mol. The van der Waals surface area contributed by atoms with Crippen LogP contribution in [0.1, 0.15) is 20.8 Å². The van der Waals surface area contributed by atoms with Crippen molar-refractivity contribution in [2.45, 2.75) is 26.3 Å². The lowest BCUT2D eigenvalue weighted by Gasteiger charge is -2.41. The molecule has 1 amide bonds. The van der Waals surface area contributed by atoms with Crippen LogP contribution in [0, 0.1) is 0 Å². The lowest BCUT2D eigenvalue weighted by molar-refractivity contribution is -0.134. The van der Waals surface area contributed by atoms with Gasteiger partial charge in [-0.15, -0.1) is 0 Å². The molecule has 0 spiro atoms. The third kappa shape index (κ3) is 2.45. The summed E-state index contributed by atoms with van der Waals surface area (Å²) in [4.78, 5) is 13.8. The molecule has 2 N–H and O–H groups in total. The van der Waals surface area contributed by atoms with Crippen molar-refractivity contribution in [3.63, 3.8) is 0 Å². The van der Waals surface area contributed by atoms with Crippen molar-refractivity contribution in [3.8, 4) is 0 Å². The number of piperazine rings is 1. The molecule has 0 saturated carbocycles. The molecule has 1 rings (SSSR count). The highest BCUT2D eigenvalue weighted by molar-refractivity contribution is 5.86. The van der Waals surface area contributed by atoms with Crippen molar-refractivity contribution in [1.29, 1.82) is 0 Å². The number of rotatable bonds is 4. The van der Waals surface area contributed by atoms with E-state index in [1.54, 1.807) is 0 Å². The Morgan fingerprint density at radius 2 is 2.29 bits per heavy atom. The number of hydrogen-bond acceptors (Lipinski definition) is 3. The van der Waals surface area contributed by atoms with Crippen LogP contribution in [-0.2, 0) is 4.79 Å². The molecule has 1 fully saturated rings. The highest BCUT2D eigenvalue weighted by atomic mass is 16.2. The van der Waals surface area contributed by atoms with E-state index < -0.39 is 0 Å². The van der Waals surface area contributed by atoms with Gasteiger partial charge in [0.1, 0.15) is 0 Å². The third-order valence-electron chi connectivity index (χ3n) is 2.82. The molecule has 0 unspecified atom stereocenters. The molecule has 1 aliphatic heterocycles. The number of amides is 1. The molecule has 82 valence electrons. The molecular formula is C10H21N3O. The summed E-state index contributed by atoms with van der Waals surface area (Å²) in [6.07, 6.45) is 0. The Kier molecular flexibility index (Phi) is 3.89. The minimum atomic E-state index is -0.354. The van der Waals surface area contributed by atoms with Crippen LogP contribution in [0.4, 0.5) is 0 Å². The van der Waals surface area contributed by atoms with Crippen molar-refractivity contribution < 1.29 is 4.79 Å². The zero-order valence-electron chi connectivity index (χ0n) is 9.39. The SMILES string of the molecule is CCNCCN1CCNC(=O)C1(C)C. The first-order valence-corrected chi connectivity index (χ1v) is 5.33. The Bertz CT molecular complexity index is 204. The Morgan fingerprint density at radius 3 is 2.93 bits per heavy atom. The standard InChI is InChI=1S/C10H21N3O/c1-4-11-5-7-13-8-6-12-9(14)10(13,2)3/h11H,4-8H2,1-3H3,(H,12,14). The highest BCUT2D eigenvalue weighted by Crippen LogP contribution is 2.16. The molecule has 1 saturated heterocycles. The van der Waals surface area contributed by atoms with Crippen LogP contribution in [0.5, 0.6) is 0 Å². The number of likely N-dealkylation sites (N-methyl/N-ethyl adjacent to an activating group) is 1. The summed E-state index contributed by atoms with van der Waals surface area (Å²) in [6, 6.07) is 0. The monoisotopic (exact) mass is 199 g/mol. The van der Waals surface area contributed by atoms with E-state index in [4.69, 9.17) is 0 Å². The van der Waals surface area contributed by atoms with Crippen molar-refractivity contribution >= 4 is 5.91 Å². The molecule has 0 radical (unpaired) electrons. The average molecular weight is 199 g/mol. The third-order valence-corrected chi connectivity index (χ3v) is 2.82. The molecule has 0 aromatic rings. The molecule has 4 nitrogen and oxygen atoms in total. The molecule has 14 heavy (non-hydrogen) atoms.